The SMILES string of the molecule is C#Cc1c(F)c(F)c(C)c2cc(N)cc(C(C)C)c12. The summed E-state index contributed by atoms with van der Waals surface area (Å²) in [6.45, 7) is 5.46. The molecule has 0 aliphatic heterocycles. The molecule has 1 nitrogen and oxygen atoms in total. The standard InChI is InChI=1S/C16H15F2N/c1-5-11-14-12(8(2)3)6-10(19)7-13(14)9(4)15(17)16(11)18/h1,6-8H,19H2,2-4H3. The highest BCUT2D eigenvalue weighted by atomic mass is 19.2. The fourth-order valence-corrected chi connectivity index (χ4v) is 2.36. The van der Waals surface area contributed by atoms with E-state index in [0.717, 1.165) is 5.56 Å². The van der Waals surface area contributed by atoms with Crippen LogP contribution >= 0.6 is 0 Å². The third-order valence-corrected chi connectivity index (χ3v) is 3.35. The van der Waals surface area contributed by atoms with Gasteiger partial charge >= 0.3 is 0 Å². The van der Waals surface area contributed by atoms with E-state index in [9.17, 15) is 8.78 Å². The summed E-state index contributed by atoms with van der Waals surface area (Å²) in [5.74, 6) is 0.517. The lowest BCUT2D eigenvalue weighted by molar-refractivity contribution is 0.504. The van der Waals surface area contributed by atoms with Gasteiger partial charge in [0, 0.05) is 11.1 Å². The first-order valence-corrected chi connectivity index (χ1v) is 6.05. The van der Waals surface area contributed by atoms with Gasteiger partial charge in [-0.15, -0.1) is 6.42 Å². The van der Waals surface area contributed by atoms with Crippen molar-refractivity contribution in [2.45, 2.75) is 26.7 Å². The molecule has 2 aromatic carbocycles. The predicted molar refractivity (Wildman–Crippen MR) is 75.0 cm³/mol. The van der Waals surface area contributed by atoms with Crippen molar-refractivity contribution in [1.82, 2.24) is 0 Å². The van der Waals surface area contributed by atoms with E-state index in [4.69, 9.17) is 12.2 Å². The van der Waals surface area contributed by atoms with Crippen molar-refractivity contribution in [3.63, 3.8) is 0 Å². The number of nitrogens with two attached hydrogens (primary N) is 1. The van der Waals surface area contributed by atoms with Gasteiger partial charge in [0.1, 0.15) is 0 Å². The first-order chi connectivity index (χ1) is 8.88. The Hall–Kier alpha value is -2.08. The maximum Gasteiger partial charge on any atom is 0.175 e. The summed E-state index contributed by atoms with van der Waals surface area (Å²) < 4.78 is 27.8. The number of rotatable bonds is 1. The van der Waals surface area contributed by atoms with E-state index in [1.807, 2.05) is 13.8 Å². The van der Waals surface area contributed by atoms with Crippen molar-refractivity contribution in [2.75, 3.05) is 5.73 Å². The summed E-state index contributed by atoms with van der Waals surface area (Å²) in [6.07, 6.45) is 5.35. The normalized spacial score (nSPS) is 11.0. The molecule has 0 fully saturated rings. The zero-order valence-electron chi connectivity index (χ0n) is 11.1. The minimum absolute atomic E-state index is 0.0261. The summed E-state index contributed by atoms with van der Waals surface area (Å²) >= 11 is 0. The molecule has 2 aromatic rings. The van der Waals surface area contributed by atoms with Gasteiger partial charge in [-0.3, -0.25) is 0 Å². The molecule has 0 aliphatic carbocycles. The van der Waals surface area contributed by atoms with Gasteiger partial charge in [0.05, 0.1) is 5.56 Å². The molecule has 0 saturated carbocycles. The largest absolute Gasteiger partial charge is 0.399 e. The van der Waals surface area contributed by atoms with E-state index < -0.39 is 11.6 Å². The second-order valence-electron chi connectivity index (χ2n) is 4.96. The van der Waals surface area contributed by atoms with Gasteiger partial charge in [-0.05, 0) is 41.5 Å². The average Bonchev–Trinajstić information content (AvgIpc) is 2.36. The second-order valence-corrected chi connectivity index (χ2v) is 4.96. The number of nitrogen functional groups attached to an aromatic ring is 1. The van der Waals surface area contributed by atoms with Crippen LogP contribution in [-0.4, -0.2) is 0 Å². The Morgan fingerprint density at radius 1 is 1.21 bits per heavy atom. The molecule has 0 saturated heterocycles. The van der Waals surface area contributed by atoms with Crippen molar-refractivity contribution >= 4 is 16.5 Å². The molecule has 19 heavy (non-hydrogen) atoms. The van der Waals surface area contributed by atoms with Crippen LogP contribution in [0.2, 0.25) is 0 Å². The quantitative estimate of drug-likeness (QED) is 0.605. The Kier molecular flexibility index (Phi) is 3.20. The van der Waals surface area contributed by atoms with Crippen LogP contribution in [0.15, 0.2) is 12.1 Å². The van der Waals surface area contributed by atoms with Crippen LogP contribution in [0.5, 0.6) is 0 Å². The maximum atomic E-state index is 14.0. The Bertz CT molecular complexity index is 709. The Morgan fingerprint density at radius 3 is 2.37 bits per heavy atom. The Labute approximate surface area is 111 Å². The monoisotopic (exact) mass is 259 g/mol. The van der Waals surface area contributed by atoms with Crippen molar-refractivity contribution in [1.29, 1.82) is 0 Å². The van der Waals surface area contributed by atoms with E-state index in [2.05, 4.69) is 5.92 Å². The smallest absolute Gasteiger partial charge is 0.175 e. The number of aryl methyl sites for hydroxylation is 1. The molecule has 0 atom stereocenters. The first-order valence-electron chi connectivity index (χ1n) is 6.05. The highest BCUT2D eigenvalue weighted by Gasteiger charge is 2.20. The highest BCUT2D eigenvalue weighted by Crippen LogP contribution is 2.35. The topological polar surface area (TPSA) is 26.0 Å². The zero-order chi connectivity index (χ0) is 14.3. The van der Waals surface area contributed by atoms with Crippen molar-refractivity contribution in [3.8, 4) is 12.3 Å². The second kappa shape index (κ2) is 4.55. The number of benzene rings is 2. The molecule has 0 bridgehead atoms. The van der Waals surface area contributed by atoms with Crippen molar-refractivity contribution < 1.29 is 8.78 Å². The van der Waals surface area contributed by atoms with Gasteiger partial charge in [-0.25, -0.2) is 8.78 Å². The molecule has 2 N–H and O–H groups in total. The van der Waals surface area contributed by atoms with Crippen LogP contribution in [-0.2, 0) is 0 Å². The fraction of sp³-hybridized carbons (Fsp3) is 0.250. The number of halogens is 2. The molecule has 0 aliphatic rings. The van der Waals surface area contributed by atoms with Crippen molar-refractivity contribution in [3.05, 3.63) is 40.5 Å². The molecule has 0 radical (unpaired) electrons. The summed E-state index contributed by atoms with van der Waals surface area (Å²) in [7, 11) is 0. The van der Waals surface area contributed by atoms with E-state index in [0.29, 0.717) is 16.5 Å². The lowest BCUT2D eigenvalue weighted by Gasteiger charge is -2.16. The van der Waals surface area contributed by atoms with Gasteiger partial charge in [0.15, 0.2) is 11.6 Å². The van der Waals surface area contributed by atoms with E-state index in [1.54, 1.807) is 12.1 Å². The fourth-order valence-electron chi connectivity index (χ4n) is 2.36. The molecule has 2 rings (SSSR count). The molecule has 98 valence electrons. The van der Waals surface area contributed by atoms with Crippen molar-refractivity contribution in [2.24, 2.45) is 0 Å². The van der Waals surface area contributed by atoms with Crippen LogP contribution < -0.4 is 5.73 Å². The van der Waals surface area contributed by atoms with Crippen LogP contribution in [0.1, 0.15) is 36.5 Å². The number of anilines is 1. The van der Waals surface area contributed by atoms with Gasteiger partial charge in [0.25, 0.3) is 0 Å². The van der Waals surface area contributed by atoms with Crippen LogP contribution in [0.3, 0.4) is 0 Å². The Balaban J connectivity index is 3.12. The Morgan fingerprint density at radius 2 is 1.84 bits per heavy atom. The summed E-state index contributed by atoms with van der Waals surface area (Å²) in [4.78, 5) is 0. The molecule has 0 unspecified atom stereocenters. The number of hydrogen-bond acceptors (Lipinski definition) is 1. The lowest BCUT2D eigenvalue weighted by Crippen LogP contribution is -2.02. The molecule has 3 heteroatoms. The third kappa shape index (κ3) is 1.94. The average molecular weight is 259 g/mol. The number of hydrogen-bond donors (Lipinski definition) is 1. The van der Waals surface area contributed by atoms with E-state index in [1.165, 1.54) is 6.92 Å². The van der Waals surface area contributed by atoms with Gasteiger partial charge in [0.2, 0.25) is 0 Å². The zero-order valence-corrected chi connectivity index (χ0v) is 11.1. The molecular formula is C16H15F2N. The summed E-state index contributed by atoms with van der Waals surface area (Å²) in [5.41, 5.74) is 7.41. The van der Waals surface area contributed by atoms with Crippen LogP contribution in [0.4, 0.5) is 14.5 Å². The molecule has 0 aromatic heterocycles. The van der Waals surface area contributed by atoms with Crippen LogP contribution in [0, 0.1) is 30.9 Å². The summed E-state index contributed by atoms with van der Waals surface area (Å²) in [6, 6.07) is 3.41. The first kappa shape index (κ1) is 13.4. The van der Waals surface area contributed by atoms with E-state index in [-0.39, 0.29) is 17.0 Å². The lowest BCUT2D eigenvalue weighted by atomic mass is 9.89. The number of terminal acetylenes is 1. The van der Waals surface area contributed by atoms with Crippen LogP contribution in [0.25, 0.3) is 10.8 Å². The predicted octanol–water partition coefficient (Wildman–Crippen LogP) is 4.11. The molecule has 0 amide bonds. The van der Waals surface area contributed by atoms with E-state index >= 15 is 0 Å². The third-order valence-electron chi connectivity index (χ3n) is 3.35. The maximum absolute atomic E-state index is 14.0. The minimum Gasteiger partial charge on any atom is -0.399 e. The molecule has 0 heterocycles. The minimum atomic E-state index is -0.959. The molecule has 0 spiro atoms. The number of fused-ring (bicyclic) bond motifs is 1. The van der Waals surface area contributed by atoms with Gasteiger partial charge < -0.3 is 5.73 Å². The molecular weight excluding hydrogens is 244 g/mol. The summed E-state index contributed by atoms with van der Waals surface area (Å²) in [5, 5.41) is 1.17. The van der Waals surface area contributed by atoms with Gasteiger partial charge in [-0.1, -0.05) is 19.8 Å². The highest BCUT2D eigenvalue weighted by molar-refractivity contribution is 5.96. The van der Waals surface area contributed by atoms with Gasteiger partial charge in [-0.2, -0.15) is 0 Å².